The number of hydrogen-bond donors (Lipinski definition) is 1. The van der Waals surface area contributed by atoms with Crippen LogP contribution in [0.3, 0.4) is 0 Å². The number of rotatable bonds is 3. The maximum absolute atomic E-state index is 10.8. The first-order valence-electron chi connectivity index (χ1n) is 5.05. The van der Waals surface area contributed by atoms with E-state index in [0.717, 1.165) is 0 Å². The van der Waals surface area contributed by atoms with Crippen LogP contribution in [0.1, 0.15) is 6.92 Å². The van der Waals surface area contributed by atoms with Crippen LogP contribution in [0.25, 0.3) is 0 Å². The Kier molecular flexibility index (Phi) is 8.52. The highest BCUT2D eigenvalue weighted by Gasteiger charge is 2.04. The third-order valence-corrected chi connectivity index (χ3v) is 2.13. The fourth-order valence-electron chi connectivity index (χ4n) is 1.12. The largest absolute Gasteiger partial charge is 0.493 e. The summed E-state index contributed by atoms with van der Waals surface area (Å²) in [6.07, 6.45) is -1.70. The van der Waals surface area contributed by atoms with Crippen molar-refractivity contribution in [2.75, 3.05) is 19.5 Å². The number of carbonyl (C=O) groups is 1. The minimum atomic E-state index is -1.70. The van der Waals surface area contributed by atoms with E-state index in [-0.39, 0.29) is 5.91 Å². The van der Waals surface area contributed by atoms with Gasteiger partial charge in [0.25, 0.3) is 6.08 Å². The first-order valence-corrected chi connectivity index (χ1v) is 5.97. The van der Waals surface area contributed by atoms with Gasteiger partial charge in [0.2, 0.25) is 5.91 Å². The molecule has 0 aliphatic carbocycles. The monoisotopic (exact) mass is 337 g/mol. The fraction of sp³-hybridized carbons (Fsp3) is 0.250. The van der Waals surface area contributed by atoms with Gasteiger partial charge < -0.3 is 14.8 Å². The van der Waals surface area contributed by atoms with E-state index in [9.17, 15) is 13.6 Å². The third kappa shape index (κ3) is 7.40. The average molecular weight is 338 g/mol. The van der Waals surface area contributed by atoms with Crippen molar-refractivity contribution in [3.8, 4) is 11.5 Å². The Labute approximate surface area is 118 Å². The Morgan fingerprint density at radius 3 is 2.16 bits per heavy atom. The molecule has 4 nitrogen and oxygen atoms in total. The number of nitrogens with one attached hydrogen (secondary N) is 1. The zero-order chi connectivity index (χ0) is 14.8. The highest BCUT2D eigenvalue weighted by atomic mass is 79.9. The van der Waals surface area contributed by atoms with Crippen LogP contribution >= 0.6 is 15.9 Å². The van der Waals surface area contributed by atoms with Gasteiger partial charge in [-0.3, -0.25) is 4.79 Å². The van der Waals surface area contributed by atoms with Gasteiger partial charge in [-0.05, 0) is 12.1 Å². The second-order valence-electron chi connectivity index (χ2n) is 3.15. The van der Waals surface area contributed by atoms with Gasteiger partial charge in [-0.2, -0.15) is 8.78 Å². The summed E-state index contributed by atoms with van der Waals surface area (Å²) in [6.45, 7) is 1.46. The Morgan fingerprint density at radius 1 is 1.26 bits per heavy atom. The molecule has 0 unspecified atom stereocenters. The minimum Gasteiger partial charge on any atom is -0.493 e. The Bertz CT molecular complexity index is 449. The standard InChI is InChI=1S/C10H13NO3.C2HBrF2/c1-7(12)11-8-4-5-9(13-2)10(6-8)14-3;3-1-2(4)5/h4-6H,1-3H3,(H,11,12);1H. The molecule has 0 aromatic heterocycles. The van der Waals surface area contributed by atoms with Crippen molar-refractivity contribution in [3.63, 3.8) is 0 Å². The lowest BCUT2D eigenvalue weighted by molar-refractivity contribution is -0.114. The van der Waals surface area contributed by atoms with Crippen LogP contribution in [-0.4, -0.2) is 20.1 Å². The maximum Gasteiger partial charge on any atom is 0.277 e. The van der Waals surface area contributed by atoms with Crippen molar-refractivity contribution in [3.05, 3.63) is 29.3 Å². The molecule has 0 heterocycles. The van der Waals surface area contributed by atoms with Crippen molar-refractivity contribution >= 4 is 27.5 Å². The maximum atomic E-state index is 10.8. The molecule has 0 fully saturated rings. The minimum absolute atomic E-state index is 0.114. The summed E-state index contributed by atoms with van der Waals surface area (Å²) < 4.78 is 31.3. The van der Waals surface area contributed by atoms with Gasteiger partial charge in [0.1, 0.15) is 0 Å². The van der Waals surface area contributed by atoms with E-state index in [0.29, 0.717) is 22.2 Å². The summed E-state index contributed by atoms with van der Waals surface area (Å²) in [5, 5.41) is 2.66. The molecule has 7 heteroatoms. The van der Waals surface area contributed by atoms with Gasteiger partial charge in [0, 0.05) is 23.7 Å². The molecule has 1 amide bonds. The highest BCUT2D eigenvalue weighted by molar-refractivity contribution is 9.11. The number of carbonyl (C=O) groups excluding carboxylic acids is 1. The second kappa shape index (κ2) is 9.32. The predicted octanol–water partition coefficient (Wildman–Crippen LogP) is 3.78. The lowest BCUT2D eigenvalue weighted by atomic mass is 10.2. The van der Waals surface area contributed by atoms with E-state index in [1.807, 2.05) is 0 Å². The van der Waals surface area contributed by atoms with Crippen LogP contribution < -0.4 is 14.8 Å². The van der Waals surface area contributed by atoms with Crippen molar-refractivity contribution in [2.24, 2.45) is 0 Å². The number of amides is 1. The van der Waals surface area contributed by atoms with Crippen molar-refractivity contribution in [1.29, 1.82) is 0 Å². The third-order valence-electron chi connectivity index (χ3n) is 1.79. The molecule has 1 aromatic carbocycles. The number of methoxy groups -OCH3 is 2. The number of hydrogen-bond acceptors (Lipinski definition) is 3. The second-order valence-corrected chi connectivity index (χ2v) is 3.61. The SMILES string of the molecule is COc1ccc(NC(C)=O)cc1OC.FC(F)=CBr. The predicted molar refractivity (Wildman–Crippen MR) is 73.1 cm³/mol. The topological polar surface area (TPSA) is 47.6 Å². The zero-order valence-electron chi connectivity index (χ0n) is 10.7. The first kappa shape index (κ1) is 17.4. The summed E-state index contributed by atoms with van der Waals surface area (Å²) in [5.41, 5.74) is 0.690. The van der Waals surface area contributed by atoms with Gasteiger partial charge >= 0.3 is 0 Å². The average Bonchev–Trinajstić information content (AvgIpc) is 2.38. The number of benzene rings is 1. The molecule has 0 aliphatic rings. The highest BCUT2D eigenvalue weighted by Crippen LogP contribution is 2.29. The fourth-order valence-corrected chi connectivity index (χ4v) is 1.12. The Balaban J connectivity index is 0.000000555. The summed E-state index contributed by atoms with van der Waals surface area (Å²) in [7, 11) is 3.12. The lowest BCUT2D eigenvalue weighted by Crippen LogP contribution is -2.05. The van der Waals surface area contributed by atoms with E-state index in [4.69, 9.17) is 9.47 Å². The van der Waals surface area contributed by atoms with Crippen molar-refractivity contribution in [2.45, 2.75) is 6.92 Å². The van der Waals surface area contributed by atoms with Gasteiger partial charge in [-0.25, -0.2) is 0 Å². The van der Waals surface area contributed by atoms with Gasteiger partial charge in [0.15, 0.2) is 11.5 Å². The van der Waals surface area contributed by atoms with Crippen LogP contribution in [0.5, 0.6) is 11.5 Å². The Morgan fingerprint density at radius 2 is 1.79 bits per heavy atom. The lowest BCUT2D eigenvalue weighted by Gasteiger charge is -2.09. The van der Waals surface area contributed by atoms with E-state index in [1.54, 1.807) is 32.4 Å². The van der Waals surface area contributed by atoms with E-state index in [2.05, 4.69) is 21.2 Å². The molecule has 19 heavy (non-hydrogen) atoms. The van der Waals surface area contributed by atoms with Crippen LogP contribution in [0.15, 0.2) is 29.3 Å². The molecular formula is C12H14BrF2NO3. The van der Waals surface area contributed by atoms with Crippen LogP contribution in [0, 0.1) is 0 Å². The molecule has 0 saturated carbocycles. The number of anilines is 1. The summed E-state index contributed by atoms with van der Waals surface area (Å²) in [4.78, 5) is 11.3. The number of halogens is 3. The van der Waals surface area contributed by atoms with E-state index < -0.39 is 6.08 Å². The Hall–Kier alpha value is -1.63. The molecule has 0 saturated heterocycles. The molecular weight excluding hydrogens is 324 g/mol. The molecule has 0 atom stereocenters. The van der Waals surface area contributed by atoms with Gasteiger partial charge in [-0.15, -0.1) is 0 Å². The summed E-state index contributed by atoms with van der Waals surface area (Å²) in [6, 6.07) is 5.20. The molecule has 106 valence electrons. The van der Waals surface area contributed by atoms with E-state index >= 15 is 0 Å². The van der Waals surface area contributed by atoms with Gasteiger partial charge in [-0.1, -0.05) is 15.9 Å². The quantitative estimate of drug-likeness (QED) is 0.912. The molecule has 0 radical (unpaired) electrons. The van der Waals surface area contributed by atoms with Crippen LogP contribution in [-0.2, 0) is 4.79 Å². The molecule has 0 aliphatic heterocycles. The molecule has 1 aromatic rings. The van der Waals surface area contributed by atoms with Crippen molar-refractivity contribution < 1.29 is 23.0 Å². The molecule has 0 spiro atoms. The van der Waals surface area contributed by atoms with Gasteiger partial charge in [0.05, 0.1) is 14.2 Å². The van der Waals surface area contributed by atoms with Crippen LogP contribution in [0.4, 0.5) is 14.5 Å². The van der Waals surface area contributed by atoms with Crippen LogP contribution in [0.2, 0.25) is 0 Å². The van der Waals surface area contributed by atoms with E-state index in [1.165, 1.54) is 6.92 Å². The van der Waals surface area contributed by atoms with Crippen molar-refractivity contribution in [1.82, 2.24) is 0 Å². The zero-order valence-corrected chi connectivity index (χ0v) is 12.3. The molecule has 1 N–H and O–H groups in total. The normalized spacial score (nSPS) is 8.74. The number of ether oxygens (including phenoxy) is 2. The smallest absolute Gasteiger partial charge is 0.277 e. The molecule has 0 bridgehead atoms. The summed E-state index contributed by atoms with van der Waals surface area (Å²) in [5.74, 6) is 1.12. The summed E-state index contributed by atoms with van der Waals surface area (Å²) >= 11 is 2.40. The molecule has 1 rings (SSSR count). The first-order chi connectivity index (χ1) is 8.94.